The fourth-order valence-corrected chi connectivity index (χ4v) is 2.61. The normalized spacial score (nSPS) is 11.1. The number of nitrogens with one attached hydrogen (secondary N) is 1. The van der Waals surface area contributed by atoms with E-state index in [1.165, 1.54) is 0 Å². The minimum Gasteiger partial charge on any atom is -0.496 e. The Kier molecular flexibility index (Phi) is 4.12. The zero-order chi connectivity index (χ0) is 16.4. The summed E-state index contributed by atoms with van der Waals surface area (Å²) in [6.45, 7) is 0.745. The predicted octanol–water partition coefficient (Wildman–Crippen LogP) is 2.66. The molecular formula is C18H19N3O2. The number of ether oxygens (including phenoxy) is 1. The summed E-state index contributed by atoms with van der Waals surface area (Å²) in [6, 6.07) is 13.2. The third kappa shape index (κ3) is 3.10. The van der Waals surface area contributed by atoms with Crippen LogP contribution in [-0.4, -0.2) is 36.1 Å². The van der Waals surface area contributed by atoms with Gasteiger partial charge in [-0.2, -0.15) is 0 Å². The lowest BCUT2D eigenvalue weighted by Crippen LogP contribution is -2.12. The van der Waals surface area contributed by atoms with Crippen molar-refractivity contribution in [2.75, 3.05) is 21.2 Å². The summed E-state index contributed by atoms with van der Waals surface area (Å²) in [5.41, 5.74) is 2.48. The van der Waals surface area contributed by atoms with E-state index in [1.807, 2.05) is 50.5 Å². The van der Waals surface area contributed by atoms with Crippen molar-refractivity contribution in [2.45, 2.75) is 6.54 Å². The largest absolute Gasteiger partial charge is 0.496 e. The first kappa shape index (κ1) is 15.2. The molecule has 0 saturated heterocycles. The molecule has 0 radical (unpaired) electrons. The summed E-state index contributed by atoms with van der Waals surface area (Å²) in [4.78, 5) is 21.7. The molecule has 0 fully saturated rings. The Morgan fingerprint density at radius 3 is 2.70 bits per heavy atom. The quantitative estimate of drug-likeness (QED) is 0.805. The summed E-state index contributed by atoms with van der Waals surface area (Å²) in [6.07, 6.45) is 0. The van der Waals surface area contributed by atoms with Gasteiger partial charge in [-0.3, -0.25) is 4.79 Å². The Labute approximate surface area is 134 Å². The molecule has 0 bridgehead atoms. The molecule has 0 atom stereocenters. The molecule has 0 aliphatic heterocycles. The lowest BCUT2D eigenvalue weighted by molar-refractivity contribution is 0.372. The van der Waals surface area contributed by atoms with Gasteiger partial charge in [-0.1, -0.05) is 12.1 Å². The SMILES string of the molecule is COc1ccc(-c2nc3ccccc3c(=O)[nH]2)cc1CN(C)C. The second-order valence-electron chi connectivity index (χ2n) is 5.70. The maximum atomic E-state index is 12.2. The summed E-state index contributed by atoms with van der Waals surface area (Å²) in [5, 5.41) is 0.596. The van der Waals surface area contributed by atoms with Gasteiger partial charge in [0.25, 0.3) is 5.56 Å². The molecule has 1 heterocycles. The molecule has 3 rings (SSSR count). The van der Waals surface area contributed by atoms with Crippen LogP contribution < -0.4 is 10.3 Å². The second-order valence-corrected chi connectivity index (χ2v) is 5.70. The van der Waals surface area contributed by atoms with Crippen molar-refractivity contribution in [1.82, 2.24) is 14.9 Å². The van der Waals surface area contributed by atoms with Gasteiger partial charge in [-0.15, -0.1) is 0 Å². The van der Waals surface area contributed by atoms with Gasteiger partial charge < -0.3 is 14.6 Å². The Morgan fingerprint density at radius 1 is 1.17 bits per heavy atom. The van der Waals surface area contributed by atoms with E-state index in [-0.39, 0.29) is 5.56 Å². The summed E-state index contributed by atoms with van der Waals surface area (Å²) in [5.74, 6) is 1.39. The van der Waals surface area contributed by atoms with Gasteiger partial charge in [-0.25, -0.2) is 4.98 Å². The van der Waals surface area contributed by atoms with Gasteiger partial charge in [0.2, 0.25) is 0 Å². The van der Waals surface area contributed by atoms with Crippen molar-refractivity contribution in [3.8, 4) is 17.1 Å². The standard InChI is InChI=1S/C18H19N3O2/c1-21(2)11-13-10-12(8-9-16(13)23-3)17-19-15-7-5-4-6-14(15)18(22)20-17/h4-10H,11H2,1-3H3,(H,19,20,22). The minimum absolute atomic E-state index is 0.129. The fourth-order valence-electron chi connectivity index (χ4n) is 2.61. The smallest absolute Gasteiger partial charge is 0.259 e. The van der Waals surface area contributed by atoms with Gasteiger partial charge in [-0.05, 0) is 44.4 Å². The van der Waals surface area contributed by atoms with E-state index in [2.05, 4.69) is 14.9 Å². The van der Waals surface area contributed by atoms with E-state index in [9.17, 15) is 4.79 Å². The molecular weight excluding hydrogens is 290 g/mol. The highest BCUT2D eigenvalue weighted by atomic mass is 16.5. The van der Waals surface area contributed by atoms with Gasteiger partial charge in [0.15, 0.2) is 0 Å². The second kappa shape index (κ2) is 6.22. The average Bonchev–Trinajstić information content (AvgIpc) is 2.54. The Balaban J connectivity index is 2.13. The average molecular weight is 309 g/mol. The molecule has 3 aromatic rings. The van der Waals surface area contributed by atoms with E-state index in [1.54, 1.807) is 13.2 Å². The van der Waals surface area contributed by atoms with Crippen molar-refractivity contribution < 1.29 is 4.74 Å². The molecule has 0 aliphatic carbocycles. The van der Waals surface area contributed by atoms with Crippen LogP contribution in [0.3, 0.4) is 0 Å². The number of benzene rings is 2. The van der Waals surface area contributed by atoms with Crippen LogP contribution in [0.1, 0.15) is 5.56 Å². The molecule has 23 heavy (non-hydrogen) atoms. The zero-order valence-electron chi connectivity index (χ0n) is 13.5. The van der Waals surface area contributed by atoms with Crippen molar-refractivity contribution in [3.63, 3.8) is 0 Å². The maximum Gasteiger partial charge on any atom is 0.259 e. The monoisotopic (exact) mass is 309 g/mol. The Morgan fingerprint density at radius 2 is 1.96 bits per heavy atom. The molecule has 0 aliphatic rings. The third-order valence-corrected chi connectivity index (χ3v) is 3.65. The number of para-hydroxylation sites is 1. The Bertz CT molecular complexity index is 900. The molecule has 118 valence electrons. The van der Waals surface area contributed by atoms with Crippen LogP contribution in [0.4, 0.5) is 0 Å². The number of hydrogen-bond acceptors (Lipinski definition) is 4. The van der Waals surface area contributed by atoms with Crippen molar-refractivity contribution in [3.05, 3.63) is 58.4 Å². The van der Waals surface area contributed by atoms with E-state index >= 15 is 0 Å². The molecule has 5 nitrogen and oxygen atoms in total. The van der Waals surface area contributed by atoms with Crippen LogP contribution in [0.2, 0.25) is 0 Å². The zero-order valence-corrected chi connectivity index (χ0v) is 13.5. The summed E-state index contributed by atoms with van der Waals surface area (Å²) in [7, 11) is 5.66. The highest BCUT2D eigenvalue weighted by Gasteiger charge is 2.10. The van der Waals surface area contributed by atoms with E-state index in [0.717, 1.165) is 23.4 Å². The van der Waals surface area contributed by atoms with E-state index in [0.29, 0.717) is 16.7 Å². The van der Waals surface area contributed by atoms with Crippen LogP contribution in [0, 0.1) is 0 Å². The molecule has 2 aromatic carbocycles. The first-order valence-electron chi connectivity index (χ1n) is 7.39. The van der Waals surface area contributed by atoms with Crippen molar-refractivity contribution >= 4 is 10.9 Å². The van der Waals surface area contributed by atoms with Crippen LogP contribution in [0.15, 0.2) is 47.3 Å². The number of methoxy groups -OCH3 is 1. The molecule has 0 unspecified atom stereocenters. The molecule has 0 spiro atoms. The number of hydrogen-bond donors (Lipinski definition) is 1. The van der Waals surface area contributed by atoms with Gasteiger partial charge in [0.1, 0.15) is 11.6 Å². The molecule has 5 heteroatoms. The molecule has 0 amide bonds. The summed E-state index contributed by atoms with van der Waals surface area (Å²) >= 11 is 0. The third-order valence-electron chi connectivity index (χ3n) is 3.65. The van der Waals surface area contributed by atoms with Crippen LogP contribution in [0.25, 0.3) is 22.3 Å². The number of H-pyrrole nitrogens is 1. The van der Waals surface area contributed by atoms with Gasteiger partial charge in [0.05, 0.1) is 18.0 Å². The number of aromatic nitrogens is 2. The first-order chi connectivity index (χ1) is 11.1. The van der Waals surface area contributed by atoms with Crippen LogP contribution >= 0.6 is 0 Å². The van der Waals surface area contributed by atoms with Gasteiger partial charge in [0, 0.05) is 17.7 Å². The topological polar surface area (TPSA) is 58.2 Å². The van der Waals surface area contributed by atoms with E-state index < -0.39 is 0 Å². The lowest BCUT2D eigenvalue weighted by Gasteiger charge is -2.14. The maximum absolute atomic E-state index is 12.2. The van der Waals surface area contributed by atoms with Crippen molar-refractivity contribution in [2.24, 2.45) is 0 Å². The number of rotatable bonds is 4. The minimum atomic E-state index is -0.129. The number of nitrogens with zero attached hydrogens (tertiary/aromatic N) is 2. The lowest BCUT2D eigenvalue weighted by atomic mass is 10.1. The molecule has 0 saturated carbocycles. The first-order valence-corrected chi connectivity index (χ1v) is 7.39. The molecule has 1 N–H and O–H groups in total. The Hall–Kier alpha value is -2.66. The van der Waals surface area contributed by atoms with E-state index in [4.69, 9.17) is 4.74 Å². The summed E-state index contributed by atoms with van der Waals surface area (Å²) < 4.78 is 5.41. The fraction of sp³-hybridized carbons (Fsp3) is 0.222. The number of aromatic amines is 1. The van der Waals surface area contributed by atoms with Gasteiger partial charge >= 0.3 is 0 Å². The highest BCUT2D eigenvalue weighted by Crippen LogP contribution is 2.25. The van der Waals surface area contributed by atoms with Crippen LogP contribution in [0.5, 0.6) is 5.75 Å². The number of fused-ring (bicyclic) bond motifs is 1. The predicted molar refractivity (Wildman–Crippen MR) is 91.7 cm³/mol. The molecule has 1 aromatic heterocycles. The van der Waals surface area contributed by atoms with Crippen molar-refractivity contribution in [1.29, 1.82) is 0 Å². The highest BCUT2D eigenvalue weighted by molar-refractivity contribution is 5.79. The van der Waals surface area contributed by atoms with Crippen LogP contribution in [-0.2, 0) is 6.54 Å².